The summed E-state index contributed by atoms with van der Waals surface area (Å²) in [4.78, 5) is 7.02. The molecule has 0 saturated carbocycles. The molecular weight excluding hydrogens is 260 g/mol. The monoisotopic (exact) mass is 282 g/mol. The number of hydrogen-bond acceptors (Lipinski definition) is 3. The van der Waals surface area contributed by atoms with Crippen LogP contribution in [0.4, 0.5) is 5.82 Å². The number of rotatable bonds is 6. The molecule has 0 spiro atoms. The lowest BCUT2D eigenvalue weighted by atomic mass is 10.2. The van der Waals surface area contributed by atoms with E-state index in [2.05, 4.69) is 30.9 Å². The summed E-state index contributed by atoms with van der Waals surface area (Å²) in [5.74, 6) is 1.58. The van der Waals surface area contributed by atoms with Gasteiger partial charge in [-0.25, -0.2) is 4.98 Å². The maximum atomic E-state index is 5.98. The van der Waals surface area contributed by atoms with Gasteiger partial charge in [-0.05, 0) is 43.9 Å². The summed E-state index contributed by atoms with van der Waals surface area (Å²) in [6.07, 6.45) is 3.63. The highest BCUT2D eigenvalue weighted by Gasteiger charge is 2.19. The van der Waals surface area contributed by atoms with Gasteiger partial charge < -0.3 is 9.64 Å². The smallest absolute Gasteiger partial charge is 0.129 e. The summed E-state index contributed by atoms with van der Waals surface area (Å²) < 4.78 is 5.72. The zero-order chi connectivity index (χ0) is 13.7. The van der Waals surface area contributed by atoms with Gasteiger partial charge in [0.2, 0.25) is 0 Å². The highest BCUT2D eigenvalue weighted by Crippen LogP contribution is 2.20. The number of halogens is 1. The predicted octanol–water partition coefficient (Wildman–Crippen LogP) is 3.39. The molecule has 0 bridgehead atoms. The predicted molar refractivity (Wildman–Crippen MR) is 80.0 cm³/mol. The number of likely N-dealkylation sites (N-methyl/N-ethyl adjacent to an activating group) is 1. The quantitative estimate of drug-likeness (QED) is 0.748. The van der Waals surface area contributed by atoms with Crippen molar-refractivity contribution < 1.29 is 4.74 Å². The van der Waals surface area contributed by atoms with Crippen molar-refractivity contribution in [1.82, 2.24) is 4.98 Å². The molecule has 1 aliphatic rings. The molecule has 1 fully saturated rings. The molecule has 2 rings (SSSR count). The van der Waals surface area contributed by atoms with Crippen molar-refractivity contribution in [2.24, 2.45) is 0 Å². The second kappa shape index (κ2) is 7.11. The van der Waals surface area contributed by atoms with Crippen molar-refractivity contribution in [2.45, 2.75) is 45.1 Å². The molecule has 4 heteroatoms. The summed E-state index contributed by atoms with van der Waals surface area (Å²) in [7, 11) is 0. The molecule has 1 aliphatic heterocycles. The number of anilines is 1. The van der Waals surface area contributed by atoms with Crippen molar-refractivity contribution in [3.8, 4) is 0 Å². The van der Waals surface area contributed by atoms with Gasteiger partial charge in [-0.1, -0.05) is 6.92 Å². The van der Waals surface area contributed by atoms with E-state index in [1.807, 2.05) is 0 Å². The number of pyridine rings is 1. The molecule has 0 amide bonds. The minimum Gasteiger partial charge on any atom is -0.376 e. The van der Waals surface area contributed by atoms with E-state index < -0.39 is 0 Å². The molecule has 2 heterocycles. The summed E-state index contributed by atoms with van der Waals surface area (Å²) in [5, 5.41) is 0. The first-order valence-electron chi connectivity index (χ1n) is 7.19. The van der Waals surface area contributed by atoms with E-state index in [4.69, 9.17) is 21.3 Å². The molecule has 0 N–H and O–H groups in total. The number of ether oxygens (including phenoxy) is 1. The molecule has 1 saturated heterocycles. The lowest BCUT2D eigenvalue weighted by molar-refractivity contribution is 0.115. The van der Waals surface area contributed by atoms with Crippen LogP contribution in [0.3, 0.4) is 0 Å². The van der Waals surface area contributed by atoms with E-state index >= 15 is 0 Å². The van der Waals surface area contributed by atoms with Gasteiger partial charge in [-0.15, -0.1) is 11.6 Å². The molecule has 0 aromatic carbocycles. The average molecular weight is 283 g/mol. The third-order valence-electron chi connectivity index (χ3n) is 3.59. The Morgan fingerprint density at radius 3 is 2.84 bits per heavy atom. The second-order valence-electron chi connectivity index (χ2n) is 4.99. The molecule has 0 radical (unpaired) electrons. The topological polar surface area (TPSA) is 25.4 Å². The molecule has 19 heavy (non-hydrogen) atoms. The highest BCUT2D eigenvalue weighted by molar-refractivity contribution is 6.17. The lowest BCUT2D eigenvalue weighted by Gasteiger charge is -2.25. The van der Waals surface area contributed by atoms with Crippen LogP contribution in [-0.4, -0.2) is 30.8 Å². The van der Waals surface area contributed by atoms with Gasteiger partial charge in [0, 0.05) is 31.3 Å². The number of hydrogen-bond donors (Lipinski definition) is 0. The summed E-state index contributed by atoms with van der Waals surface area (Å²) in [5.41, 5.74) is 2.26. The van der Waals surface area contributed by atoms with Gasteiger partial charge in [-0.2, -0.15) is 0 Å². The Morgan fingerprint density at radius 1 is 1.42 bits per heavy atom. The summed E-state index contributed by atoms with van der Waals surface area (Å²) >= 11 is 5.98. The summed E-state index contributed by atoms with van der Waals surface area (Å²) in [6.45, 7) is 7.06. The van der Waals surface area contributed by atoms with Crippen LogP contribution < -0.4 is 4.90 Å². The standard InChI is InChI=1S/C15H23ClN2O/c1-3-13-8-12(10-16)9-15(17-13)18(4-2)11-14-6-5-7-19-14/h8-9,14H,3-7,10-11H2,1-2H3. The maximum Gasteiger partial charge on any atom is 0.129 e. The Bertz CT molecular complexity index is 383. The maximum absolute atomic E-state index is 5.98. The fourth-order valence-corrected chi connectivity index (χ4v) is 2.63. The van der Waals surface area contributed by atoms with Gasteiger partial charge in [0.1, 0.15) is 5.82 Å². The Morgan fingerprint density at radius 2 is 2.26 bits per heavy atom. The molecular formula is C15H23ClN2O. The molecule has 1 unspecified atom stereocenters. The van der Waals surface area contributed by atoms with Crippen LogP contribution in [0.1, 0.15) is 37.9 Å². The summed E-state index contributed by atoms with van der Waals surface area (Å²) in [6, 6.07) is 4.20. The Balaban J connectivity index is 2.15. The van der Waals surface area contributed by atoms with Gasteiger partial charge in [-0.3, -0.25) is 0 Å². The van der Waals surface area contributed by atoms with Crippen LogP contribution in [0.2, 0.25) is 0 Å². The molecule has 1 aromatic rings. The van der Waals surface area contributed by atoms with E-state index in [1.165, 1.54) is 6.42 Å². The first-order valence-corrected chi connectivity index (χ1v) is 7.72. The molecule has 106 valence electrons. The minimum atomic E-state index is 0.353. The van der Waals surface area contributed by atoms with Crippen LogP contribution in [-0.2, 0) is 17.0 Å². The average Bonchev–Trinajstić information content (AvgIpc) is 2.97. The van der Waals surface area contributed by atoms with Crippen molar-refractivity contribution in [2.75, 3.05) is 24.6 Å². The minimum absolute atomic E-state index is 0.353. The fourth-order valence-electron chi connectivity index (χ4n) is 2.47. The zero-order valence-corrected chi connectivity index (χ0v) is 12.6. The third-order valence-corrected chi connectivity index (χ3v) is 3.90. The molecule has 1 aromatic heterocycles. The molecule has 0 aliphatic carbocycles. The van der Waals surface area contributed by atoms with Crippen LogP contribution in [0.25, 0.3) is 0 Å². The van der Waals surface area contributed by atoms with Crippen LogP contribution in [0.5, 0.6) is 0 Å². The second-order valence-corrected chi connectivity index (χ2v) is 5.25. The van der Waals surface area contributed by atoms with Gasteiger partial charge >= 0.3 is 0 Å². The van der Waals surface area contributed by atoms with Gasteiger partial charge in [0.25, 0.3) is 0 Å². The SMILES string of the molecule is CCc1cc(CCl)cc(N(CC)CC2CCCO2)n1. The van der Waals surface area contributed by atoms with Gasteiger partial charge in [0.15, 0.2) is 0 Å². The fraction of sp³-hybridized carbons (Fsp3) is 0.667. The largest absolute Gasteiger partial charge is 0.376 e. The molecule has 3 nitrogen and oxygen atoms in total. The van der Waals surface area contributed by atoms with Crippen LogP contribution in [0, 0.1) is 0 Å². The van der Waals surface area contributed by atoms with Crippen molar-refractivity contribution in [1.29, 1.82) is 0 Å². The Labute approximate surface area is 120 Å². The highest BCUT2D eigenvalue weighted by atomic mass is 35.5. The molecule has 1 atom stereocenters. The first-order chi connectivity index (χ1) is 9.26. The van der Waals surface area contributed by atoms with E-state index in [0.717, 1.165) is 49.6 Å². The number of nitrogens with zero attached hydrogens (tertiary/aromatic N) is 2. The van der Waals surface area contributed by atoms with Crippen molar-refractivity contribution >= 4 is 17.4 Å². The Hall–Kier alpha value is -0.800. The number of alkyl halides is 1. The van der Waals surface area contributed by atoms with E-state index in [0.29, 0.717) is 12.0 Å². The zero-order valence-electron chi connectivity index (χ0n) is 11.9. The Kier molecular flexibility index (Phi) is 5.46. The van der Waals surface area contributed by atoms with Crippen LogP contribution in [0.15, 0.2) is 12.1 Å². The van der Waals surface area contributed by atoms with Crippen molar-refractivity contribution in [3.05, 3.63) is 23.4 Å². The number of aromatic nitrogens is 1. The van der Waals surface area contributed by atoms with E-state index in [-0.39, 0.29) is 0 Å². The number of aryl methyl sites for hydroxylation is 1. The third kappa shape index (κ3) is 3.83. The van der Waals surface area contributed by atoms with E-state index in [9.17, 15) is 0 Å². The van der Waals surface area contributed by atoms with Gasteiger partial charge in [0.05, 0.1) is 6.10 Å². The van der Waals surface area contributed by atoms with Crippen LogP contribution >= 0.6 is 11.6 Å². The van der Waals surface area contributed by atoms with E-state index in [1.54, 1.807) is 0 Å². The normalized spacial score (nSPS) is 18.8. The lowest BCUT2D eigenvalue weighted by Crippen LogP contribution is -2.32. The van der Waals surface area contributed by atoms with Crippen molar-refractivity contribution in [3.63, 3.8) is 0 Å². The first kappa shape index (κ1) is 14.6.